The molecule has 0 radical (unpaired) electrons. The highest BCUT2D eigenvalue weighted by Crippen LogP contribution is 2.23. The van der Waals surface area contributed by atoms with Crippen molar-refractivity contribution >= 4 is 21.8 Å². The number of hydrogen-bond acceptors (Lipinski definition) is 2. The molecule has 0 saturated carbocycles. The molecule has 3 N–H and O–H groups in total. The highest BCUT2D eigenvalue weighted by atomic mass is 79.9. The lowest BCUT2D eigenvalue weighted by atomic mass is 10.1. The van der Waals surface area contributed by atoms with E-state index in [4.69, 9.17) is 5.73 Å². The zero-order chi connectivity index (χ0) is 14.5. The van der Waals surface area contributed by atoms with E-state index in [-0.39, 0.29) is 11.9 Å². The van der Waals surface area contributed by atoms with E-state index in [1.54, 1.807) is 0 Å². The molecule has 0 aliphatic rings. The van der Waals surface area contributed by atoms with E-state index in [1.165, 1.54) is 0 Å². The second-order valence-electron chi connectivity index (χ2n) is 4.64. The van der Waals surface area contributed by atoms with Gasteiger partial charge < -0.3 is 11.1 Å². The van der Waals surface area contributed by atoms with Crippen molar-refractivity contribution in [1.29, 1.82) is 0 Å². The van der Waals surface area contributed by atoms with E-state index in [9.17, 15) is 4.79 Å². The smallest absolute Gasteiger partial charge is 0.241 e. The molecule has 1 unspecified atom stereocenters. The summed E-state index contributed by atoms with van der Waals surface area (Å²) >= 11 is 3.49. The SMILES string of the molecule is C[C@@H](NC(=O)C(N)c1ccccc1)c1ccccc1Br. The second kappa shape index (κ2) is 6.68. The van der Waals surface area contributed by atoms with Crippen molar-refractivity contribution in [2.45, 2.75) is 19.0 Å². The van der Waals surface area contributed by atoms with Crippen LogP contribution in [0.3, 0.4) is 0 Å². The summed E-state index contributed by atoms with van der Waals surface area (Å²) in [5.74, 6) is -0.181. The molecular weight excluding hydrogens is 316 g/mol. The van der Waals surface area contributed by atoms with Gasteiger partial charge in [0, 0.05) is 4.47 Å². The van der Waals surface area contributed by atoms with Gasteiger partial charge in [-0.2, -0.15) is 0 Å². The van der Waals surface area contributed by atoms with Crippen LogP contribution in [0.5, 0.6) is 0 Å². The van der Waals surface area contributed by atoms with Gasteiger partial charge >= 0.3 is 0 Å². The lowest BCUT2D eigenvalue weighted by Crippen LogP contribution is -2.35. The first-order valence-electron chi connectivity index (χ1n) is 6.45. The fraction of sp³-hybridized carbons (Fsp3) is 0.188. The molecule has 4 heteroatoms. The van der Waals surface area contributed by atoms with Gasteiger partial charge in [0.15, 0.2) is 0 Å². The number of nitrogens with one attached hydrogen (secondary N) is 1. The van der Waals surface area contributed by atoms with Crippen LogP contribution in [0.2, 0.25) is 0 Å². The van der Waals surface area contributed by atoms with E-state index in [2.05, 4.69) is 21.2 Å². The summed E-state index contributed by atoms with van der Waals surface area (Å²) in [6.45, 7) is 1.94. The Labute approximate surface area is 127 Å². The topological polar surface area (TPSA) is 55.1 Å². The van der Waals surface area contributed by atoms with Gasteiger partial charge in [0.25, 0.3) is 0 Å². The summed E-state index contributed by atoms with van der Waals surface area (Å²) in [6.07, 6.45) is 0. The van der Waals surface area contributed by atoms with Crippen molar-refractivity contribution in [3.05, 3.63) is 70.2 Å². The molecule has 1 amide bonds. The second-order valence-corrected chi connectivity index (χ2v) is 5.49. The Kier molecular flexibility index (Phi) is 4.93. The summed E-state index contributed by atoms with van der Waals surface area (Å²) in [5.41, 5.74) is 7.82. The minimum absolute atomic E-state index is 0.104. The minimum atomic E-state index is -0.652. The number of nitrogens with two attached hydrogens (primary N) is 1. The molecule has 0 aromatic heterocycles. The third-order valence-corrected chi connectivity index (χ3v) is 3.89. The van der Waals surface area contributed by atoms with Crippen molar-refractivity contribution in [1.82, 2.24) is 5.32 Å². The number of carbonyl (C=O) groups is 1. The highest BCUT2D eigenvalue weighted by Gasteiger charge is 2.18. The molecule has 2 aromatic rings. The molecule has 104 valence electrons. The molecule has 2 aromatic carbocycles. The largest absolute Gasteiger partial charge is 0.348 e. The van der Waals surface area contributed by atoms with E-state index >= 15 is 0 Å². The lowest BCUT2D eigenvalue weighted by Gasteiger charge is -2.19. The highest BCUT2D eigenvalue weighted by molar-refractivity contribution is 9.10. The first-order chi connectivity index (χ1) is 9.59. The van der Waals surface area contributed by atoms with Gasteiger partial charge in [-0.15, -0.1) is 0 Å². The molecule has 0 saturated heterocycles. The Bertz CT molecular complexity index is 586. The third kappa shape index (κ3) is 3.46. The molecule has 0 aliphatic heterocycles. The molecule has 0 spiro atoms. The van der Waals surface area contributed by atoms with E-state index in [0.29, 0.717) is 0 Å². The fourth-order valence-electron chi connectivity index (χ4n) is 2.02. The maximum atomic E-state index is 12.2. The third-order valence-electron chi connectivity index (χ3n) is 3.17. The predicted molar refractivity (Wildman–Crippen MR) is 84.1 cm³/mol. The summed E-state index contributed by atoms with van der Waals surface area (Å²) in [4.78, 5) is 12.2. The van der Waals surface area contributed by atoms with Crippen molar-refractivity contribution in [3.8, 4) is 0 Å². The maximum absolute atomic E-state index is 12.2. The number of carbonyl (C=O) groups excluding carboxylic acids is 1. The molecule has 0 bridgehead atoms. The molecule has 0 heterocycles. The summed E-state index contributed by atoms with van der Waals surface area (Å²) in [7, 11) is 0. The maximum Gasteiger partial charge on any atom is 0.241 e. The number of hydrogen-bond donors (Lipinski definition) is 2. The summed E-state index contributed by atoms with van der Waals surface area (Å²) in [5, 5.41) is 2.94. The number of halogens is 1. The van der Waals surface area contributed by atoms with E-state index in [1.807, 2.05) is 61.5 Å². The molecule has 0 aliphatic carbocycles. The average Bonchev–Trinajstić information content (AvgIpc) is 2.47. The molecule has 3 nitrogen and oxygen atoms in total. The van der Waals surface area contributed by atoms with Crippen LogP contribution in [0.4, 0.5) is 0 Å². The van der Waals surface area contributed by atoms with Gasteiger partial charge in [0.2, 0.25) is 5.91 Å². The Morgan fingerprint density at radius 3 is 2.35 bits per heavy atom. The van der Waals surface area contributed by atoms with Crippen LogP contribution in [0.25, 0.3) is 0 Å². The van der Waals surface area contributed by atoms with Crippen molar-refractivity contribution in [3.63, 3.8) is 0 Å². The van der Waals surface area contributed by atoms with Gasteiger partial charge in [-0.1, -0.05) is 64.5 Å². The van der Waals surface area contributed by atoms with Crippen LogP contribution < -0.4 is 11.1 Å². The average molecular weight is 333 g/mol. The Morgan fingerprint density at radius 2 is 1.70 bits per heavy atom. The van der Waals surface area contributed by atoms with Gasteiger partial charge in [0.05, 0.1) is 6.04 Å². The van der Waals surface area contributed by atoms with Crippen LogP contribution in [0.15, 0.2) is 59.1 Å². The van der Waals surface area contributed by atoms with Crippen molar-refractivity contribution < 1.29 is 4.79 Å². The normalized spacial score (nSPS) is 13.6. The zero-order valence-electron chi connectivity index (χ0n) is 11.2. The Hall–Kier alpha value is -1.65. The standard InChI is InChI=1S/C16H17BrN2O/c1-11(13-9-5-6-10-14(13)17)19-16(20)15(18)12-7-3-2-4-8-12/h2-11,15H,18H2,1H3,(H,19,20)/t11-,15?/m1/s1. The monoisotopic (exact) mass is 332 g/mol. The lowest BCUT2D eigenvalue weighted by molar-refractivity contribution is -0.123. The minimum Gasteiger partial charge on any atom is -0.348 e. The number of amides is 1. The molecule has 2 atom stereocenters. The van der Waals surface area contributed by atoms with Crippen LogP contribution in [-0.2, 0) is 4.79 Å². The van der Waals surface area contributed by atoms with Crippen molar-refractivity contribution in [2.24, 2.45) is 5.73 Å². The molecule has 2 rings (SSSR count). The number of rotatable bonds is 4. The van der Waals surface area contributed by atoms with Crippen LogP contribution >= 0.6 is 15.9 Å². The Morgan fingerprint density at radius 1 is 1.10 bits per heavy atom. The fourth-order valence-corrected chi connectivity index (χ4v) is 2.65. The van der Waals surface area contributed by atoms with Crippen LogP contribution in [-0.4, -0.2) is 5.91 Å². The van der Waals surface area contributed by atoms with Gasteiger partial charge in [-0.25, -0.2) is 0 Å². The zero-order valence-corrected chi connectivity index (χ0v) is 12.8. The molecule has 20 heavy (non-hydrogen) atoms. The number of benzene rings is 2. The van der Waals surface area contributed by atoms with Gasteiger partial charge in [0.1, 0.15) is 6.04 Å². The summed E-state index contributed by atoms with van der Waals surface area (Å²) in [6, 6.07) is 16.4. The summed E-state index contributed by atoms with van der Waals surface area (Å²) < 4.78 is 0.973. The van der Waals surface area contributed by atoms with Crippen molar-refractivity contribution in [2.75, 3.05) is 0 Å². The van der Waals surface area contributed by atoms with E-state index < -0.39 is 6.04 Å². The first kappa shape index (κ1) is 14.8. The quantitative estimate of drug-likeness (QED) is 0.902. The van der Waals surface area contributed by atoms with Gasteiger partial charge in [-0.3, -0.25) is 4.79 Å². The molecule has 0 fully saturated rings. The Balaban J connectivity index is 2.07. The van der Waals surface area contributed by atoms with E-state index in [0.717, 1.165) is 15.6 Å². The van der Waals surface area contributed by atoms with Crippen LogP contribution in [0, 0.1) is 0 Å². The van der Waals surface area contributed by atoms with Crippen LogP contribution in [0.1, 0.15) is 30.1 Å². The predicted octanol–water partition coefficient (Wildman–Crippen LogP) is 3.33. The molecular formula is C16H17BrN2O. The van der Waals surface area contributed by atoms with Gasteiger partial charge in [-0.05, 0) is 24.1 Å². The first-order valence-corrected chi connectivity index (χ1v) is 7.24.